The van der Waals surface area contributed by atoms with Gasteiger partial charge in [-0.2, -0.15) is 5.26 Å². The maximum absolute atomic E-state index is 8.48. The average Bonchev–Trinajstić information content (AvgIpc) is 1.90. The first kappa shape index (κ1) is 4.34. The van der Waals surface area contributed by atoms with Crippen LogP contribution in [-0.4, -0.2) is 13.1 Å². The predicted octanol–water partition coefficient (Wildman–Crippen LogP) is 0.510. The first-order chi connectivity index (χ1) is 4.27. The van der Waals surface area contributed by atoms with E-state index < -0.39 is 5.89 Å². The summed E-state index contributed by atoms with van der Waals surface area (Å²) in [5.41, 5.74) is 0. The van der Waals surface area contributed by atoms with Gasteiger partial charge in [0.15, 0.2) is 0 Å². The van der Waals surface area contributed by atoms with Gasteiger partial charge in [0.05, 0.1) is 6.07 Å². The summed E-state index contributed by atoms with van der Waals surface area (Å²) in [6.45, 7) is 1.63. The van der Waals surface area contributed by atoms with Crippen LogP contribution in [0.3, 0.4) is 0 Å². The van der Waals surface area contributed by atoms with Crippen LogP contribution in [0.1, 0.15) is 14.2 Å². The third-order valence-corrected chi connectivity index (χ3v) is 1.37. The van der Waals surface area contributed by atoms with Crippen LogP contribution in [0.15, 0.2) is 0 Å². The quantitative estimate of drug-likeness (QED) is 0.494. The Balaban J connectivity index is 2.49. The lowest BCUT2D eigenvalue weighted by molar-refractivity contribution is 0.444. The highest BCUT2D eigenvalue weighted by atomic mass is 14.9. The summed E-state index contributed by atoms with van der Waals surface area (Å²) >= 11 is 0. The van der Waals surface area contributed by atoms with Gasteiger partial charge in [0, 0.05) is 7.26 Å². The molecule has 1 fully saturated rings. The molecule has 1 heterocycles. The molecule has 0 aromatic rings. The Morgan fingerprint density at radius 1 is 1.62 bits per heavy atom. The highest BCUT2D eigenvalue weighted by Gasteiger charge is 2.09. The number of hydrogen-bond donors (Lipinski definition) is 1. The Kier molecular flexibility index (Phi) is 1.46. The van der Waals surface area contributed by atoms with Gasteiger partial charge in [-0.05, 0) is 25.9 Å². The summed E-state index contributed by atoms with van der Waals surface area (Å²) in [6.07, 6.45) is 1.34. The van der Waals surface area contributed by atoms with Gasteiger partial charge in [-0.15, -0.1) is 0 Å². The highest BCUT2D eigenvalue weighted by molar-refractivity contribution is 4.85. The normalized spacial score (nSPS) is 28.1. The second-order valence-electron chi connectivity index (χ2n) is 1.97. The largest absolute Gasteiger partial charge is 0.317 e. The Bertz CT molecular complexity index is 132. The molecule has 2 heteroatoms. The zero-order valence-electron chi connectivity index (χ0n) is 5.78. The molecular weight excluding hydrogens is 100 g/mol. The third-order valence-electron chi connectivity index (χ3n) is 1.37. The van der Waals surface area contributed by atoms with E-state index in [1.165, 1.54) is 0 Å². The lowest BCUT2D eigenvalue weighted by Crippen LogP contribution is -2.26. The molecule has 1 saturated heterocycles. The van der Waals surface area contributed by atoms with Gasteiger partial charge < -0.3 is 5.32 Å². The second kappa shape index (κ2) is 2.68. The Morgan fingerprint density at radius 3 is 2.62 bits per heavy atom. The molecule has 0 aliphatic carbocycles. The molecule has 0 radical (unpaired) electrons. The number of nitrogens with one attached hydrogen (secondary N) is 1. The van der Waals surface area contributed by atoms with E-state index in [1.807, 2.05) is 6.07 Å². The summed E-state index contributed by atoms with van der Waals surface area (Å²) in [5, 5.41) is 11.6. The summed E-state index contributed by atoms with van der Waals surface area (Å²) in [5.74, 6) is -0.786. The van der Waals surface area contributed by atoms with E-state index in [1.54, 1.807) is 0 Å². The van der Waals surface area contributed by atoms with Crippen molar-refractivity contribution in [3.8, 4) is 6.07 Å². The number of hydrogen-bond acceptors (Lipinski definition) is 2. The van der Waals surface area contributed by atoms with E-state index >= 15 is 0 Å². The van der Waals surface area contributed by atoms with E-state index in [2.05, 4.69) is 5.32 Å². The zero-order valence-corrected chi connectivity index (χ0v) is 4.78. The average molecular weight is 111 g/mol. The van der Waals surface area contributed by atoms with Crippen LogP contribution >= 0.6 is 0 Å². The Morgan fingerprint density at radius 2 is 2.25 bits per heavy atom. The van der Waals surface area contributed by atoms with Crippen LogP contribution in [0, 0.1) is 17.2 Å². The van der Waals surface area contributed by atoms with E-state index in [0.717, 1.165) is 13.1 Å². The zero-order chi connectivity index (χ0) is 6.74. The standard InChI is InChI=1S/C6H10N2/c7-5-6-1-3-8-4-2-6/h6,8H,1-4H2/i6D. The van der Waals surface area contributed by atoms with E-state index in [9.17, 15) is 0 Å². The fraction of sp³-hybridized carbons (Fsp3) is 0.833. The lowest BCUT2D eigenvalue weighted by Gasteiger charge is -2.15. The van der Waals surface area contributed by atoms with Crippen LogP contribution in [0.4, 0.5) is 0 Å². The molecule has 0 bridgehead atoms. The molecule has 2 nitrogen and oxygen atoms in total. The molecule has 0 spiro atoms. The van der Waals surface area contributed by atoms with Crippen LogP contribution in [0.2, 0.25) is 0 Å². The van der Waals surface area contributed by atoms with Crippen molar-refractivity contribution in [2.75, 3.05) is 13.1 Å². The van der Waals surface area contributed by atoms with E-state index in [4.69, 9.17) is 6.63 Å². The lowest BCUT2D eigenvalue weighted by atomic mass is 10.0. The molecule has 8 heavy (non-hydrogen) atoms. The monoisotopic (exact) mass is 111 g/mol. The highest BCUT2D eigenvalue weighted by Crippen LogP contribution is 2.08. The second-order valence-corrected chi connectivity index (χ2v) is 1.97. The van der Waals surface area contributed by atoms with Crippen molar-refractivity contribution in [2.45, 2.75) is 12.8 Å². The van der Waals surface area contributed by atoms with E-state index in [0.29, 0.717) is 12.8 Å². The first-order valence-corrected chi connectivity index (χ1v) is 2.89. The van der Waals surface area contributed by atoms with Gasteiger partial charge in [-0.25, -0.2) is 0 Å². The minimum Gasteiger partial charge on any atom is -0.317 e. The van der Waals surface area contributed by atoms with Crippen LogP contribution in [-0.2, 0) is 0 Å². The fourth-order valence-corrected chi connectivity index (χ4v) is 0.840. The number of nitrogens with zero attached hydrogens (tertiary/aromatic N) is 1. The summed E-state index contributed by atoms with van der Waals surface area (Å²) in [6, 6.07) is 2.01. The fourth-order valence-electron chi connectivity index (χ4n) is 0.840. The van der Waals surface area contributed by atoms with Crippen molar-refractivity contribution in [3.05, 3.63) is 0 Å². The number of nitriles is 1. The predicted molar refractivity (Wildman–Crippen MR) is 31.2 cm³/mol. The molecule has 0 saturated carbocycles. The maximum atomic E-state index is 8.48. The van der Waals surface area contributed by atoms with Gasteiger partial charge in [0.1, 0.15) is 0 Å². The smallest absolute Gasteiger partial charge is 0.0656 e. The Hall–Kier alpha value is -0.550. The topological polar surface area (TPSA) is 35.8 Å². The van der Waals surface area contributed by atoms with Crippen molar-refractivity contribution in [2.24, 2.45) is 5.89 Å². The van der Waals surface area contributed by atoms with Gasteiger partial charge in [0.25, 0.3) is 0 Å². The van der Waals surface area contributed by atoms with Crippen molar-refractivity contribution in [3.63, 3.8) is 0 Å². The minimum absolute atomic E-state index is 0.670. The summed E-state index contributed by atoms with van der Waals surface area (Å²) < 4.78 is 7.47. The van der Waals surface area contributed by atoms with Crippen molar-refractivity contribution >= 4 is 0 Å². The Labute approximate surface area is 50.9 Å². The van der Waals surface area contributed by atoms with Crippen LogP contribution in [0.25, 0.3) is 0 Å². The summed E-state index contributed by atoms with van der Waals surface area (Å²) in [7, 11) is 0. The number of piperidine rings is 1. The van der Waals surface area contributed by atoms with Crippen molar-refractivity contribution in [1.29, 1.82) is 5.26 Å². The molecule has 0 amide bonds. The molecule has 1 N–H and O–H groups in total. The van der Waals surface area contributed by atoms with Gasteiger partial charge in [0.2, 0.25) is 0 Å². The van der Waals surface area contributed by atoms with E-state index in [-0.39, 0.29) is 0 Å². The SMILES string of the molecule is [2H]C1(C#N)CCNCC1. The molecule has 0 aromatic carbocycles. The van der Waals surface area contributed by atoms with Crippen molar-refractivity contribution in [1.82, 2.24) is 5.32 Å². The van der Waals surface area contributed by atoms with Gasteiger partial charge in [-0.3, -0.25) is 0 Å². The molecule has 0 atom stereocenters. The summed E-state index contributed by atoms with van der Waals surface area (Å²) in [4.78, 5) is 0. The molecule has 0 unspecified atom stereocenters. The van der Waals surface area contributed by atoms with Gasteiger partial charge in [-0.1, -0.05) is 0 Å². The third kappa shape index (κ3) is 1.21. The van der Waals surface area contributed by atoms with Gasteiger partial charge >= 0.3 is 0 Å². The number of rotatable bonds is 0. The molecule has 0 aromatic heterocycles. The van der Waals surface area contributed by atoms with Crippen LogP contribution in [0.5, 0.6) is 0 Å². The van der Waals surface area contributed by atoms with Crippen LogP contribution < -0.4 is 5.32 Å². The molecule has 1 aliphatic rings. The maximum Gasteiger partial charge on any atom is 0.0656 e. The molecule has 1 aliphatic heterocycles. The molecule has 1 rings (SSSR count). The molecule has 44 valence electrons. The first-order valence-electron chi connectivity index (χ1n) is 3.39. The molecular formula is C6H10N2. The minimum atomic E-state index is -0.786. The van der Waals surface area contributed by atoms with Crippen molar-refractivity contribution < 1.29 is 1.37 Å².